The maximum absolute atomic E-state index is 14.7. The number of pyridine rings is 2. The molecule has 124 valence electrons. The Hall–Kier alpha value is -3.15. The summed E-state index contributed by atoms with van der Waals surface area (Å²) in [6.45, 7) is 0. The largest absolute Gasteiger partial charge is 0.409 e. The summed E-state index contributed by atoms with van der Waals surface area (Å²) in [5.74, 6) is -1.97. The van der Waals surface area contributed by atoms with Crippen LogP contribution in [-0.4, -0.2) is 5.97 Å². The summed E-state index contributed by atoms with van der Waals surface area (Å²) >= 11 is 0. The van der Waals surface area contributed by atoms with Crippen molar-refractivity contribution in [2.24, 2.45) is 7.05 Å². The van der Waals surface area contributed by atoms with Crippen molar-refractivity contribution in [1.29, 1.82) is 0 Å². The average molecular weight is 340 g/mol. The van der Waals surface area contributed by atoms with Crippen LogP contribution >= 0.6 is 0 Å². The highest BCUT2D eigenvalue weighted by Gasteiger charge is 2.43. The van der Waals surface area contributed by atoms with E-state index in [-0.39, 0.29) is 11.1 Å². The molecule has 2 aromatic heterocycles. The predicted molar refractivity (Wildman–Crippen MR) is 83.2 cm³/mol. The third kappa shape index (κ3) is 2.46. The van der Waals surface area contributed by atoms with Crippen LogP contribution in [0.1, 0.15) is 22.3 Å². The molecule has 0 spiro atoms. The van der Waals surface area contributed by atoms with E-state index in [9.17, 15) is 13.6 Å². The number of aryl methyl sites for hydroxylation is 1. The van der Waals surface area contributed by atoms with E-state index in [0.717, 1.165) is 6.07 Å². The first kappa shape index (κ1) is 15.4. The fourth-order valence-corrected chi connectivity index (χ4v) is 3.11. The first-order valence-corrected chi connectivity index (χ1v) is 7.71. The highest BCUT2D eigenvalue weighted by molar-refractivity contribution is 5.87. The highest BCUT2D eigenvalue weighted by Crippen LogP contribution is 2.32. The molecule has 0 bridgehead atoms. The number of fused-ring (bicyclic) bond motifs is 1. The van der Waals surface area contributed by atoms with Gasteiger partial charge >= 0.3 is 12.2 Å². The second-order valence-corrected chi connectivity index (χ2v) is 5.80. The van der Waals surface area contributed by atoms with Crippen molar-refractivity contribution in [2.45, 2.75) is 6.23 Å². The minimum absolute atomic E-state index is 0.200. The highest BCUT2D eigenvalue weighted by atomic mass is 19.1. The SMILES string of the molecule is C[n+]1ccccc1-c1c(F)cc(F)cc1C1OC(=O)c2cccc[n+]21. The van der Waals surface area contributed by atoms with Crippen LogP contribution in [0.15, 0.2) is 60.9 Å². The lowest BCUT2D eigenvalue weighted by Gasteiger charge is -2.12. The van der Waals surface area contributed by atoms with Crippen LogP contribution < -0.4 is 9.13 Å². The molecule has 1 aliphatic heterocycles. The maximum atomic E-state index is 14.7. The molecule has 0 amide bonds. The summed E-state index contributed by atoms with van der Waals surface area (Å²) in [6.07, 6.45) is 2.50. The molecule has 3 aromatic rings. The summed E-state index contributed by atoms with van der Waals surface area (Å²) < 4.78 is 37.4. The summed E-state index contributed by atoms with van der Waals surface area (Å²) in [4.78, 5) is 12.1. The fourth-order valence-electron chi connectivity index (χ4n) is 3.11. The quantitative estimate of drug-likeness (QED) is 0.530. The smallest absolute Gasteiger partial charge is 0.390 e. The van der Waals surface area contributed by atoms with Crippen molar-refractivity contribution >= 4 is 5.97 Å². The van der Waals surface area contributed by atoms with Gasteiger partial charge in [-0.15, -0.1) is 4.57 Å². The second-order valence-electron chi connectivity index (χ2n) is 5.80. The van der Waals surface area contributed by atoms with Crippen LogP contribution in [0, 0.1) is 11.6 Å². The Labute approximate surface area is 142 Å². The zero-order valence-electron chi connectivity index (χ0n) is 13.3. The Kier molecular flexibility index (Phi) is 3.53. The van der Waals surface area contributed by atoms with E-state index in [0.29, 0.717) is 11.4 Å². The van der Waals surface area contributed by atoms with Crippen LogP contribution in [0.5, 0.6) is 0 Å². The molecule has 0 saturated carbocycles. The summed E-state index contributed by atoms with van der Waals surface area (Å²) in [5, 5.41) is 0. The van der Waals surface area contributed by atoms with Gasteiger partial charge in [-0.25, -0.2) is 18.1 Å². The lowest BCUT2D eigenvalue weighted by molar-refractivity contribution is -0.733. The normalized spacial score (nSPS) is 15.8. The third-order valence-electron chi connectivity index (χ3n) is 4.23. The first-order valence-electron chi connectivity index (χ1n) is 7.71. The van der Waals surface area contributed by atoms with Crippen molar-refractivity contribution < 1.29 is 27.4 Å². The van der Waals surface area contributed by atoms with Crippen molar-refractivity contribution in [3.63, 3.8) is 0 Å². The van der Waals surface area contributed by atoms with Crippen molar-refractivity contribution in [3.05, 3.63) is 83.8 Å². The van der Waals surface area contributed by atoms with E-state index in [1.54, 1.807) is 58.9 Å². The van der Waals surface area contributed by atoms with Gasteiger partial charge in [0.1, 0.15) is 18.7 Å². The number of aromatic nitrogens is 2. The summed E-state index contributed by atoms with van der Waals surface area (Å²) in [5.41, 5.74) is 1.34. The zero-order valence-corrected chi connectivity index (χ0v) is 13.3. The van der Waals surface area contributed by atoms with Gasteiger partial charge in [-0.3, -0.25) is 0 Å². The number of hydrogen-bond donors (Lipinski definition) is 0. The predicted octanol–water partition coefficient (Wildman–Crippen LogP) is 2.46. The Morgan fingerprint density at radius 3 is 2.48 bits per heavy atom. The number of benzene rings is 1. The number of nitrogens with zero attached hydrogens (tertiary/aromatic N) is 2. The molecule has 6 heteroatoms. The monoisotopic (exact) mass is 340 g/mol. The van der Waals surface area contributed by atoms with E-state index in [2.05, 4.69) is 0 Å². The average Bonchev–Trinajstić information content (AvgIpc) is 2.93. The summed E-state index contributed by atoms with van der Waals surface area (Å²) in [6, 6.07) is 12.4. The molecule has 4 rings (SSSR count). The van der Waals surface area contributed by atoms with E-state index < -0.39 is 23.8 Å². The van der Waals surface area contributed by atoms with Crippen LogP contribution in [0.3, 0.4) is 0 Å². The maximum Gasteiger partial charge on any atom is 0.409 e. The lowest BCUT2D eigenvalue weighted by Crippen LogP contribution is -2.39. The van der Waals surface area contributed by atoms with Gasteiger partial charge < -0.3 is 4.74 Å². The molecule has 0 N–H and O–H groups in total. The van der Waals surface area contributed by atoms with Gasteiger partial charge in [0.15, 0.2) is 12.4 Å². The number of hydrogen-bond acceptors (Lipinski definition) is 2. The van der Waals surface area contributed by atoms with Gasteiger partial charge in [-0.05, 0) is 18.2 Å². The number of rotatable bonds is 2. The van der Waals surface area contributed by atoms with Gasteiger partial charge in [0.05, 0.1) is 11.1 Å². The molecule has 1 atom stereocenters. The minimum Gasteiger partial charge on any atom is -0.390 e. The van der Waals surface area contributed by atoms with Gasteiger partial charge in [0.25, 0.3) is 5.69 Å². The number of cyclic esters (lactones) is 1. The molecular formula is C19H14F2N2O2+2. The molecule has 4 nitrogen and oxygen atoms in total. The minimum atomic E-state index is -0.927. The van der Waals surface area contributed by atoms with Gasteiger partial charge in [0.2, 0.25) is 5.69 Å². The molecule has 3 heterocycles. The zero-order chi connectivity index (χ0) is 17.6. The standard InChI is InChI=1S/C19H14F2N2O2/c1-22-8-4-2-6-15(22)17-13(10-12(20)11-14(17)21)18-23-9-5-3-7-16(23)19(24)25-18/h2-11,18H,1H3/q+2. The van der Waals surface area contributed by atoms with Crippen molar-refractivity contribution in [1.82, 2.24) is 0 Å². The summed E-state index contributed by atoms with van der Waals surface area (Å²) in [7, 11) is 1.77. The third-order valence-corrected chi connectivity index (χ3v) is 4.23. The van der Waals surface area contributed by atoms with Gasteiger partial charge in [-0.2, -0.15) is 0 Å². The van der Waals surface area contributed by atoms with E-state index in [4.69, 9.17) is 4.74 Å². The lowest BCUT2D eigenvalue weighted by atomic mass is 10.0. The Balaban J connectivity index is 1.98. The molecule has 1 aliphatic rings. The number of carbonyl (C=O) groups excluding carboxylic acids is 1. The number of esters is 1. The Morgan fingerprint density at radius 1 is 1.00 bits per heavy atom. The van der Waals surface area contributed by atoms with Crippen molar-refractivity contribution in [3.8, 4) is 11.3 Å². The van der Waals surface area contributed by atoms with Crippen LogP contribution in [0.2, 0.25) is 0 Å². The molecule has 0 radical (unpaired) electrons. The van der Waals surface area contributed by atoms with Crippen LogP contribution in [-0.2, 0) is 11.8 Å². The molecule has 25 heavy (non-hydrogen) atoms. The number of ether oxygens (including phenoxy) is 1. The van der Waals surface area contributed by atoms with E-state index >= 15 is 0 Å². The molecule has 1 aromatic carbocycles. The van der Waals surface area contributed by atoms with E-state index in [1.165, 1.54) is 6.07 Å². The van der Waals surface area contributed by atoms with Gasteiger partial charge in [-0.1, -0.05) is 0 Å². The Morgan fingerprint density at radius 2 is 1.72 bits per heavy atom. The molecule has 0 fully saturated rings. The van der Waals surface area contributed by atoms with Crippen LogP contribution in [0.4, 0.5) is 8.78 Å². The molecule has 1 unspecified atom stereocenters. The number of halogens is 2. The molecule has 0 aliphatic carbocycles. The number of carbonyl (C=O) groups is 1. The van der Waals surface area contributed by atoms with Gasteiger partial charge in [0, 0.05) is 30.3 Å². The first-order chi connectivity index (χ1) is 12.1. The van der Waals surface area contributed by atoms with E-state index in [1.807, 2.05) is 6.07 Å². The van der Waals surface area contributed by atoms with Crippen molar-refractivity contribution in [2.75, 3.05) is 0 Å². The molecular weight excluding hydrogens is 326 g/mol. The second kappa shape index (κ2) is 5.73. The fraction of sp³-hybridized carbons (Fsp3) is 0.105. The van der Waals surface area contributed by atoms with Crippen LogP contribution in [0.25, 0.3) is 11.3 Å². The molecule has 0 saturated heterocycles. The Bertz CT molecular complexity index is 1000. The topological polar surface area (TPSA) is 34.1 Å².